The lowest BCUT2D eigenvalue weighted by Crippen LogP contribution is -2.21. The normalized spacial score (nSPS) is 11.1. The second-order valence-corrected chi connectivity index (χ2v) is 9.81. The van der Waals surface area contributed by atoms with E-state index in [9.17, 15) is 9.59 Å². The topological polar surface area (TPSA) is 94.8 Å². The third-order valence-corrected chi connectivity index (χ3v) is 6.65. The average Bonchev–Trinajstić information content (AvgIpc) is 2.97. The number of halogens is 1. The van der Waals surface area contributed by atoms with E-state index in [4.69, 9.17) is 14.5 Å². The highest BCUT2D eigenvalue weighted by molar-refractivity contribution is 14.1. The highest BCUT2D eigenvalue weighted by atomic mass is 127. The van der Waals surface area contributed by atoms with Gasteiger partial charge in [0.1, 0.15) is 0 Å². The molecule has 0 fully saturated rings. The molecule has 1 amide bonds. The monoisotopic (exact) mass is 644 g/mol. The Morgan fingerprint density at radius 1 is 0.975 bits per heavy atom. The summed E-state index contributed by atoms with van der Waals surface area (Å²) in [4.78, 5) is 30.6. The molecule has 0 radical (unpaired) electrons. The lowest BCUT2D eigenvalue weighted by molar-refractivity contribution is -0.118. The van der Waals surface area contributed by atoms with Crippen molar-refractivity contribution < 1.29 is 14.3 Å². The minimum Gasteiger partial charge on any atom is -0.490 e. The number of aromatic nitrogens is 2. The molecule has 1 aromatic heterocycles. The summed E-state index contributed by atoms with van der Waals surface area (Å²) >= 11 is 2.13. The summed E-state index contributed by atoms with van der Waals surface area (Å²) in [5.74, 6) is 1.07. The van der Waals surface area contributed by atoms with Crippen molar-refractivity contribution in [2.24, 2.45) is 5.10 Å². The summed E-state index contributed by atoms with van der Waals surface area (Å²) in [6, 6.07) is 29.5. The van der Waals surface area contributed by atoms with Crippen molar-refractivity contribution in [1.29, 1.82) is 0 Å². The second-order valence-electron chi connectivity index (χ2n) is 8.65. The van der Waals surface area contributed by atoms with Crippen LogP contribution in [0, 0.1) is 3.57 Å². The van der Waals surface area contributed by atoms with Crippen LogP contribution < -0.4 is 20.3 Å². The number of nitrogens with zero attached hydrogens (tertiary/aromatic N) is 3. The Kier molecular flexibility index (Phi) is 8.50. The van der Waals surface area contributed by atoms with Gasteiger partial charge in [0.05, 0.1) is 27.3 Å². The molecular formula is C31H25IN4O4. The summed E-state index contributed by atoms with van der Waals surface area (Å²) in [6.45, 7) is 2.08. The largest absolute Gasteiger partial charge is 0.490 e. The smallest absolute Gasteiger partial charge is 0.282 e. The first-order valence-electron chi connectivity index (χ1n) is 12.6. The Bertz CT molecular complexity index is 1740. The van der Waals surface area contributed by atoms with Crippen LogP contribution in [0.1, 0.15) is 12.5 Å². The van der Waals surface area contributed by atoms with Crippen LogP contribution in [0.15, 0.2) is 107 Å². The van der Waals surface area contributed by atoms with Crippen LogP contribution in [0.5, 0.6) is 11.5 Å². The van der Waals surface area contributed by atoms with Crippen LogP contribution in [0.25, 0.3) is 22.3 Å². The van der Waals surface area contributed by atoms with Gasteiger partial charge >= 0.3 is 0 Å². The maximum atomic E-state index is 13.4. The highest BCUT2D eigenvalue weighted by Crippen LogP contribution is 2.34. The van der Waals surface area contributed by atoms with E-state index < -0.39 is 0 Å². The fourth-order valence-corrected chi connectivity index (χ4v) is 4.83. The van der Waals surface area contributed by atoms with Crippen LogP contribution in [-0.4, -0.2) is 35.0 Å². The van der Waals surface area contributed by atoms with E-state index in [0.29, 0.717) is 46.1 Å². The number of amides is 1. The summed E-state index contributed by atoms with van der Waals surface area (Å²) in [5, 5.41) is 7.82. The number of hydrogen-bond donors (Lipinski definition) is 1. The predicted molar refractivity (Wildman–Crippen MR) is 165 cm³/mol. The fraction of sp³-hybridized carbons (Fsp3) is 0.0968. The van der Waals surface area contributed by atoms with E-state index in [0.717, 1.165) is 9.13 Å². The molecule has 200 valence electrons. The number of nitrogens with one attached hydrogen (secondary N) is 1. The van der Waals surface area contributed by atoms with Gasteiger partial charge in [-0.15, -0.1) is 0 Å². The van der Waals surface area contributed by atoms with Crippen LogP contribution in [0.2, 0.25) is 0 Å². The third kappa shape index (κ3) is 6.20. The summed E-state index contributed by atoms with van der Waals surface area (Å²) in [7, 11) is 0. The maximum absolute atomic E-state index is 13.4. The van der Waals surface area contributed by atoms with E-state index in [1.165, 1.54) is 4.68 Å². The summed E-state index contributed by atoms with van der Waals surface area (Å²) < 4.78 is 13.7. The molecule has 0 aliphatic rings. The lowest BCUT2D eigenvalue weighted by Gasteiger charge is -2.15. The fourth-order valence-electron chi connectivity index (χ4n) is 4.05. The molecular weight excluding hydrogens is 619 g/mol. The number of para-hydroxylation sites is 2. The molecule has 5 aromatic rings. The molecule has 8 nitrogen and oxygen atoms in total. The first-order chi connectivity index (χ1) is 19.5. The predicted octanol–water partition coefficient (Wildman–Crippen LogP) is 5.97. The highest BCUT2D eigenvalue weighted by Gasteiger charge is 2.15. The molecule has 0 atom stereocenters. The van der Waals surface area contributed by atoms with Gasteiger partial charge in [-0.3, -0.25) is 9.59 Å². The zero-order valence-electron chi connectivity index (χ0n) is 21.6. The Hall–Kier alpha value is -4.51. The second kappa shape index (κ2) is 12.6. The lowest BCUT2D eigenvalue weighted by atomic mass is 10.2. The first-order valence-corrected chi connectivity index (χ1v) is 13.7. The average molecular weight is 644 g/mol. The molecule has 0 saturated carbocycles. The van der Waals surface area contributed by atoms with Gasteiger partial charge in [0.25, 0.3) is 11.5 Å². The molecule has 4 aromatic carbocycles. The van der Waals surface area contributed by atoms with E-state index >= 15 is 0 Å². The maximum Gasteiger partial charge on any atom is 0.282 e. The van der Waals surface area contributed by atoms with E-state index in [-0.39, 0.29) is 18.1 Å². The molecule has 0 saturated heterocycles. The summed E-state index contributed by atoms with van der Waals surface area (Å²) in [6.07, 6.45) is 1.58. The first kappa shape index (κ1) is 27.1. The van der Waals surface area contributed by atoms with Crippen LogP contribution in [0.3, 0.4) is 0 Å². The van der Waals surface area contributed by atoms with Crippen molar-refractivity contribution in [3.8, 4) is 22.9 Å². The molecule has 9 heteroatoms. The van der Waals surface area contributed by atoms with Crippen molar-refractivity contribution in [2.45, 2.75) is 6.92 Å². The number of ether oxygens (including phenoxy) is 2. The van der Waals surface area contributed by atoms with Crippen molar-refractivity contribution >= 4 is 51.3 Å². The van der Waals surface area contributed by atoms with Crippen molar-refractivity contribution in [2.75, 3.05) is 18.5 Å². The number of fused-ring (bicyclic) bond motifs is 1. The molecule has 0 aliphatic heterocycles. The van der Waals surface area contributed by atoms with Gasteiger partial charge < -0.3 is 14.8 Å². The Balaban J connectivity index is 1.45. The number of rotatable bonds is 9. The molecule has 0 bridgehead atoms. The minimum atomic E-state index is -0.285. The van der Waals surface area contributed by atoms with Crippen molar-refractivity contribution in [3.05, 3.63) is 117 Å². The van der Waals surface area contributed by atoms with E-state index in [2.05, 4.69) is 33.0 Å². The minimum absolute atomic E-state index is 0.184. The molecule has 0 spiro atoms. The van der Waals surface area contributed by atoms with Gasteiger partial charge in [-0.25, -0.2) is 4.98 Å². The zero-order valence-corrected chi connectivity index (χ0v) is 23.7. The zero-order chi connectivity index (χ0) is 27.9. The third-order valence-electron chi connectivity index (χ3n) is 5.84. The van der Waals surface area contributed by atoms with Gasteiger partial charge in [-0.05, 0) is 71.5 Å². The van der Waals surface area contributed by atoms with Crippen LogP contribution >= 0.6 is 22.6 Å². The number of benzene rings is 4. The van der Waals surface area contributed by atoms with Crippen LogP contribution in [-0.2, 0) is 4.79 Å². The van der Waals surface area contributed by atoms with E-state index in [1.807, 2.05) is 73.7 Å². The molecule has 5 rings (SSSR count). The van der Waals surface area contributed by atoms with Gasteiger partial charge in [0, 0.05) is 11.3 Å². The Labute approximate surface area is 244 Å². The van der Waals surface area contributed by atoms with E-state index in [1.54, 1.807) is 36.5 Å². The Morgan fingerprint density at radius 3 is 2.42 bits per heavy atom. The van der Waals surface area contributed by atoms with Gasteiger partial charge in [0.2, 0.25) is 0 Å². The van der Waals surface area contributed by atoms with Gasteiger partial charge in [-0.1, -0.05) is 60.7 Å². The van der Waals surface area contributed by atoms with Crippen molar-refractivity contribution in [3.63, 3.8) is 0 Å². The molecule has 0 aliphatic carbocycles. The number of anilines is 1. The summed E-state index contributed by atoms with van der Waals surface area (Å²) in [5.41, 5.74) is 2.47. The van der Waals surface area contributed by atoms with Crippen LogP contribution in [0.4, 0.5) is 5.69 Å². The number of carbonyl (C=O) groups is 1. The quantitative estimate of drug-likeness (QED) is 0.158. The molecule has 0 unspecified atom stereocenters. The van der Waals surface area contributed by atoms with Gasteiger partial charge in [0.15, 0.2) is 23.9 Å². The number of carbonyl (C=O) groups excluding carboxylic acids is 1. The van der Waals surface area contributed by atoms with Gasteiger partial charge in [-0.2, -0.15) is 9.78 Å². The molecule has 40 heavy (non-hydrogen) atoms. The Morgan fingerprint density at radius 2 is 1.68 bits per heavy atom. The molecule has 1 N–H and O–H groups in total. The SMILES string of the molecule is CCOc1cc(C=Nn2c(-c3ccccc3)nc3ccccc3c2=O)cc(I)c1OCC(=O)Nc1ccccc1. The number of hydrogen-bond acceptors (Lipinski definition) is 6. The molecule has 1 heterocycles. The van der Waals surface area contributed by atoms with Crippen molar-refractivity contribution in [1.82, 2.24) is 9.66 Å². The standard InChI is InChI=1S/C31H25IN4O4/c1-2-39-27-18-21(17-25(32)29(27)40-20-28(37)34-23-13-7-4-8-14-23)19-33-36-30(22-11-5-3-6-12-22)35-26-16-10-9-15-24(26)31(36)38/h3-19H,2,20H2,1H3,(H,34,37).